The van der Waals surface area contributed by atoms with Gasteiger partial charge in [-0.2, -0.15) is 5.10 Å². The molecule has 1 rings (SSSR count). The van der Waals surface area contributed by atoms with Gasteiger partial charge in [0.15, 0.2) is 12.2 Å². The first kappa shape index (κ1) is 17.6. The highest BCUT2D eigenvalue weighted by atomic mass is 16.6. The average Bonchev–Trinajstić information content (AvgIpc) is 2.44. The molecule has 22 heavy (non-hydrogen) atoms. The highest BCUT2D eigenvalue weighted by Gasteiger charge is 2.30. The molecule has 120 valence electrons. The van der Waals surface area contributed by atoms with Crippen molar-refractivity contribution >= 4 is 23.8 Å². The smallest absolute Gasteiger partial charge is 0.303 e. The SMILES string of the molecule is CC(=O)OC(C=NNc1ccccc1)C(OC(C)=O)C(C)O. The van der Waals surface area contributed by atoms with E-state index in [1.165, 1.54) is 27.0 Å². The number of hydrazone groups is 1. The number of benzene rings is 1. The lowest BCUT2D eigenvalue weighted by molar-refractivity contribution is -0.167. The predicted octanol–water partition coefficient (Wildman–Crippen LogP) is 1.33. The van der Waals surface area contributed by atoms with Crippen molar-refractivity contribution in [2.45, 2.75) is 39.1 Å². The highest BCUT2D eigenvalue weighted by Crippen LogP contribution is 2.10. The molecule has 7 heteroatoms. The van der Waals surface area contributed by atoms with Gasteiger partial charge in [-0.05, 0) is 19.1 Å². The quantitative estimate of drug-likeness (QED) is 0.448. The van der Waals surface area contributed by atoms with Crippen LogP contribution in [-0.4, -0.2) is 41.6 Å². The Kier molecular flexibility index (Phi) is 7.04. The van der Waals surface area contributed by atoms with E-state index in [4.69, 9.17) is 9.47 Å². The fraction of sp³-hybridized carbons (Fsp3) is 0.400. The zero-order valence-electron chi connectivity index (χ0n) is 12.7. The van der Waals surface area contributed by atoms with Crippen molar-refractivity contribution in [2.75, 3.05) is 5.43 Å². The van der Waals surface area contributed by atoms with Gasteiger partial charge >= 0.3 is 11.9 Å². The van der Waals surface area contributed by atoms with E-state index in [0.29, 0.717) is 0 Å². The number of carbonyl (C=O) groups is 2. The molecule has 0 aromatic heterocycles. The summed E-state index contributed by atoms with van der Waals surface area (Å²) in [6, 6.07) is 9.13. The van der Waals surface area contributed by atoms with Gasteiger partial charge in [-0.1, -0.05) is 18.2 Å². The highest BCUT2D eigenvalue weighted by molar-refractivity contribution is 5.74. The zero-order valence-corrected chi connectivity index (χ0v) is 12.7. The lowest BCUT2D eigenvalue weighted by Gasteiger charge is -2.25. The van der Waals surface area contributed by atoms with Crippen molar-refractivity contribution in [3.8, 4) is 0 Å². The molecule has 0 aliphatic heterocycles. The first-order valence-electron chi connectivity index (χ1n) is 6.77. The molecule has 0 heterocycles. The molecule has 3 unspecified atom stereocenters. The van der Waals surface area contributed by atoms with E-state index in [1.807, 2.05) is 18.2 Å². The van der Waals surface area contributed by atoms with Crippen LogP contribution in [0.15, 0.2) is 35.4 Å². The summed E-state index contributed by atoms with van der Waals surface area (Å²) in [4.78, 5) is 22.3. The van der Waals surface area contributed by atoms with Crippen LogP contribution in [-0.2, 0) is 19.1 Å². The van der Waals surface area contributed by atoms with Gasteiger partial charge in [0.2, 0.25) is 0 Å². The Hall–Kier alpha value is -2.41. The average molecular weight is 308 g/mol. The molecule has 7 nitrogen and oxygen atoms in total. The van der Waals surface area contributed by atoms with Crippen LogP contribution in [0.4, 0.5) is 5.69 Å². The van der Waals surface area contributed by atoms with E-state index < -0.39 is 30.3 Å². The van der Waals surface area contributed by atoms with E-state index >= 15 is 0 Å². The molecule has 0 saturated heterocycles. The number of nitrogens with one attached hydrogen (secondary N) is 1. The van der Waals surface area contributed by atoms with Crippen molar-refractivity contribution in [3.05, 3.63) is 30.3 Å². The van der Waals surface area contributed by atoms with E-state index in [9.17, 15) is 14.7 Å². The molecule has 3 atom stereocenters. The minimum absolute atomic E-state index is 0.575. The van der Waals surface area contributed by atoms with E-state index in [1.54, 1.807) is 12.1 Å². The number of carbonyl (C=O) groups excluding carboxylic acids is 2. The van der Waals surface area contributed by atoms with Gasteiger partial charge in [0, 0.05) is 13.8 Å². The zero-order chi connectivity index (χ0) is 16.5. The number of esters is 2. The number of para-hydroxylation sites is 1. The Morgan fingerprint density at radius 3 is 2.27 bits per heavy atom. The molecule has 0 aliphatic carbocycles. The molecule has 0 amide bonds. The van der Waals surface area contributed by atoms with E-state index in [0.717, 1.165) is 5.69 Å². The lowest BCUT2D eigenvalue weighted by Crippen LogP contribution is -2.43. The second-order valence-corrected chi connectivity index (χ2v) is 4.64. The standard InChI is InChI=1S/C15H20N2O5/c1-10(18)15(22-12(3)20)14(21-11(2)19)9-16-17-13-7-5-4-6-8-13/h4-10,14-15,17-18H,1-3H3. The number of anilines is 1. The maximum Gasteiger partial charge on any atom is 0.303 e. The van der Waals surface area contributed by atoms with Crippen LogP contribution in [0, 0.1) is 0 Å². The Morgan fingerprint density at radius 1 is 1.18 bits per heavy atom. The first-order valence-corrected chi connectivity index (χ1v) is 6.77. The van der Waals surface area contributed by atoms with E-state index in [2.05, 4.69) is 10.5 Å². The minimum atomic E-state index is -1.04. The number of ether oxygens (including phenoxy) is 2. The van der Waals surface area contributed by atoms with Crippen LogP contribution < -0.4 is 5.43 Å². The van der Waals surface area contributed by atoms with Crippen LogP contribution in [0.25, 0.3) is 0 Å². The third-order valence-electron chi connectivity index (χ3n) is 2.59. The predicted molar refractivity (Wildman–Crippen MR) is 81.3 cm³/mol. The van der Waals surface area contributed by atoms with Crippen LogP contribution in [0.5, 0.6) is 0 Å². The van der Waals surface area contributed by atoms with Crippen LogP contribution in [0.2, 0.25) is 0 Å². The summed E-state index contributed by atoms with van der Waals surface area (Å²) in [6.45, 7) is 3.86. The van der Waals surface area contributed by atoms with Crippen molar-refractivity contribution in [1.82, 2.24) is 0 Å². The molecule has 0 bridgehead atoms. The second-order valence-electron chi connectivity index (χ2n) is 4.64. The minimum Gasteiger partial charge on any atom is -0.455 e. The molecule has 0 spiro atoms. The summed E-state index contributed by atoms with van der Waals surface area (Å²) in [5.41, 5.74) is 3.49. The second kappa shape index (κ2) is 8.78. The van der Waals surface area contributed by atoms with Gasteiger partial charge in [0.05, 0.1) is 18.0 Å². The molecule has 0 aliphatic rings. The molecule has 2 N–H and O–H groups in total. The summed E-state index contributed by atoms with van der Waals surface area (Å²) in [5, 5.41) is 13.7. The van der Waals surface area contributed by atoms with Gasteiger partial charge in [-0.3, -0.25) is 15.0 Å². The molecule has 1 aromatic carbocycles. The summed E-state index contributed by atoms with van der Waals surface area (Å²) >= 11 is 0. The number of aliphatic hydroxyl groups is 1. The van der Waals surface area contributed by atoms with Crippen molar-refractivity contribution in [2.24, 2.45) is 5.10 Å². The topological polar surface area (TPSA) is 97.2 Å². The van der Waals surface area contributed by atoms with Crippen LogP contribution in [0.1, 0.15) is 20.8 Å². The van der Waals surface area contributed by atoms with Gasteiger partial charge in [-0.25, -0.2) is 0 Å². The van der Waals surface area contributed by atoms with Gasteiger partial charge in [0.1, 0.15) is 0 Å². The normalized spacial score (nSPS) is 14.9. The van der Waals surface area contributed by atoms with Gasteiger partial charge in [-0.15, -0.1) is 0 Å². The summed E-state index contributed by atoms with van der Waals surface area (Å²) < 4.78 is 10.0. The van der Waals surface area contributed by atoms with E-state index in [-0.39, 0.29) is 0 Å². The number of hydrogen-bond acceptors (Lipinski definition) is 7. The molecular formula is C15H20N2O5. The van der Waals surface area contributed by atoms with Crippen molar-refractivity contribution < 1.29 is 24.2 Å². The number of rotatable bonds is 7. The molecule has 1 aromatic rings. The molecular weight excluding hydrogens is 288 g/mol. The summed E-state index contributed by atoms with van der Waals surface area (Å²) in [7, 11) is 0. The van der Waals surface area contributed by atoms with Gasteiger partial charge in [0.25, 0.3) is 0 Å². The Balaban J connectivity index is 2.81. The van der Waals surface area contributed by atoms with Crippen LogP contribution >= 0.6 is 0 Å². The third kappa shape index (κ3) is 6.36. The maximum atomic E-state index is 11.2. The third-order valence-corrected chi connectivity index (χ3v) is 2.59. The Labute approximate surface area is 128 Å². The largest absolute Gasteiger partial charge is 0.455 e. The lowest BCUT2D eigenvalue weighted by atomic mass is 10.1. The van der Waals surface area contributed by atoms with Gasteiger partial charge < -0.3 is 14.6 Å². The van der Waals surface area contributed by atoms with Crippen LogP contribution in [0.3, 0.4) is 0 Å². The molecule has 0 fully saturated rings. The summed E-state index contributed by atoms with van der Waals surface area (Å²) in [5.74, 6) is -1.17. The maximum absolute atomic E-state index is 11.2. The van der Waals surface area contributed by atoms with Crippen molar-refractivity contribution in [1.29, 1.82) is 0 Å². The monoisotopic (exact) mass is 308 g/mol. The van der Waals surface area contributed by atoms with Crippen molar-refractivity contribution in [3.63, 3.8) is 0 Å². The number of nitrogens with zero attached hydrogens (tertiary/aromatic N) is 1. The molecule has 0 radical (unpaired) electrons. The summed E-state index contributed by atoms with van der Waals surface area (Å²) in [6.07, 6.45) is -1.80. The number of hydrogen-bond donors (Lipinski definition) is 2. The Bertz CT molecular complexity index is 516. The first-order chi connectivity index (χ1) is 10.4. The Morgan fingerprint density at radius 2 is 1.77 bits per heavy atom. The fourth-order valence-electron chi connectivity index (χ4n) is 1.70. The number of aliphatic hydroxyl groups excluding tert-OH is 1. The molecule has 0 saturated carbocycles. The fourth-order valence-corrected chi connectivity index (χ4v) is 1.70.